The highest BCUT2D eigenvalue weighted by atomic mass is 16.1. The van der Waals surface area contributed by atoms with Gasteiger partial charge in [-0.1, -0.05) is 60.7 Å². The molecule has 2 nitrogen and oxygen atoms in total. The maximum absolute atomic E-state index is 12.0. The number of hydrogen-bond acceptors (Lipinski definition) is 1. The first-order chi connectivity index (χ1) is 8.33. The van der Waals surface area contributed by atoms with Gasteiger partial charge in [0, 0.05) is 7.05 Å². The lowest BCUT2D eigenvalue weighted by molar-refractivity contribution is -0.121. The standard InChI is InChI=1S/C15H15NO/c1-16-15(17)14(12-8-4-2-5-9-12)13-10-6-3-7-11-13/h2-11,14H,1H3,(H,16,17). The molecule has 1 amide bonds. The Hall–Kier alpha value is -2.09. The van der Waals surface area contributed by atoms with Crippen LogP contribution >= 0.6 is 0 Å². The lowest BCUT2D eigenvalue weighted by Crippen LogP contribution is -2.26. The van der Waals surface area contributed by atoms with E-state index in [-0.39, 0.29) is 11.8 Å². The van der Waals surface area contributed by atoms with E-state index in [0.717, 1.165) is 11.1 Å². The summed E-state index contributed by atoms with van der Waals surface area (Å²) < 4.78 is 0. The molecule has 0 aromatic heterocycles. The normalized spacial score (nSPS) is 10.2. The van der Waals surface area contributed by atoms with E-state index in [1.165, 1.54) is 0 Å². The minimum atomic E-state index is -0.234. The molecule has 0 fully saturated rings. The summed E-state index contributed by atoms with van der Waals surface area (Å²) in [6.07, 6.45) is 0. The maximum Gasteiger partial charge on any atom is 0.231 e. The van der Waals surface area contributed by atoms with Gasteiger partial charge in [-0.2, -0.15) is 0 Å². The molecule has 2 rings (SSSR count). The molecular weight excluding hydrogens is 210 g/mol. The summed E-state index contributed by atoms with van der Waals surface area (Å²) in [6.45, 7) is 0. The van der Waals surface area contributed by atoms with E-state index in [1.807, 2.05) is 60.7 Å². The van der Waals surface area contributed by atoms with Crippen molar-refractivity contribution < 1.29 is 4.79 Å². The smallest absolute Gasteiger partial charge is 0.231 e. The second-order valence-electron chi connectivity index (χ2n) is 3.87. The highest BCUT2D eigenvalue weighted by Gasteiger charge is 2.20. The van der Waals surface area contributed by atoms with Gasteiger partial charge in [-0.15, -0.1) is 0 Å². The molecule has 0 heterocycles. The Kier molecular flexibility index (Phi) is 3.55. The molecule has 0 atom stereocenters. The van der Waals surface area contributed by atoms with Gasteiger partial charge in [-0.25, -0.2) is 0 Å². The molecule has 2 aromatic rings. The van der Waals surface area contributed by atoms with Crippen LogP contribution in [-0.4, -0.2) is 13.0 Å². The van der Waals surface area contributed by atoms with Gasteiger partial charge in [0.1, 0.15) is 0 Å². The fraction of sp³-hybridized carbons (Fsp3) is 0.133. The van der Waals surface area contributed by atoms with E-state index in [0.29, 0.717) is 0 Å². The van der Waals surface area contributed by atoms with Gasteiger partial charge in [0.2, 0.25) is 5.91 Å². The first-order valence-corrected chi connectivity index (χ1v) is 5.64. The zero-order chi connectivity index (χ0) is 12.1. The molecule has 17 heavy (non-hydrogen) atoms. The predicted octanol–water partition coefficient (Wildman–Crippen LogP) is 2.56. The van der Waals surface area contributed by atoms with Crippen molar-refractivity contribution in [2.45, 2.75) is 5.92 Å². The van der Waals surface area contributed by atoms with Crippen molar-refractivity contribution in [1.29, 1.82) is 0 Å². The third-order valence-electron chi connectivity index (χ3n) is 2.77. The Labute approximate surface area is 101 Å². The third kappa shape index (κ3) is 2.53. The molecule has 0 radical (unpaired) electrons. The van der Waals surface area contributed by atoms with E-state index >= 15 is 0 Å². The van der Waals surface area contributed by atoms with Gasteiger partial charge in [-0.3, -0.25) is 4.79 Å². The van der Waals surface area contributed by atoms with Crippen molar-refractivity contribution >= 4 is 5.91 Å². The van der Waals surface area contributed by atoms with Crippen molar-refractivity contribution in [3.63, 3.8) is 0 Å². The van der Waals surface area contributed by atoms with Crippen LogP contribution in [0.5, 0.6) is 0 Å². The van der Waals surface area contributed by atoms with Crippen LogP contribution in [0.3, 0.4) is 0 Å². The molecule has 86 valence electrons. The first-order valence-electron chi connectivity index (χ1n) is 5.64. The van der Waals surface area contributed by atoms with Crippen molar-refractivity contribution in [1.82, 2.24) is 5.32 Å². The van der Waals surface area contributed by atoms with E-state index in [1.54, 1.807) is 7.05 Å². The number of nitrogens with one attached hydrogen (secondary N) is 1. The summed E-state index contributed by atoms with van der Waals surface area (Å²) >= 11 is 0. The van der Waals surface area contributed by atoms with Crippen LogP contribution < -0.4 is 5.32 Å². The fourth-order valence-electron chi connectivity index (χ4n) is 1.93. The number of rotatable bonds is 3. The molecule has 0 saturated carbocycles. The minimum absolute atomic E-state index is 0.0161. The molecule has 1 N–H and O–H groups in total. The Balaban J connectivity index is 2.43. The van der Waals surface area contributed by atoms with Crippen molar-refractivity contribution in [2.24, 2.45) is 0 Å². The molecule has 0 spiro atoms. The Bertz CT molecular complexity index is 439. The molecule has 0 aliphatic heterocycles. The SMILES string of the molecule is CNC(=O)C(c1ccccc1)c1ccccc1. The zero-order valence-corrected chi connectivity index (χ0v) is 9.76. The predicted molar refractivity (Wildman–Crippen MR) is 68.8 cm³/mol. The average Bonchev–Trinajstić information content (AvgIpc) is 2.41. The summed E-state index contributed by atoms with van der Waals surface area (Å²) in [7, 11) is 1.67. The maximum atomic E-state index is 12.0. The van der Waals surface area contributed by atoms with Gasteiger partial charge in [0.25, 0.3) is 0 Å². The summed E-state index contributed by atoms with van der Waals surface area (Å²) in [5, 5.41) is 2.72. The minimum Gasteiger partial charge on any atom is -0.358 e. The summed E-state index contributed by atoms with van der Waals surface area (Å²) in [6, 6.07) is 19.6. The Morgan fingerprint density at radius 1 is 0.882 bits per heavy atom. The molecular formula is C15H15NO. The number of carbonyl (C=O) groups excluding carboxylic acids is 1. The number of hydrogen-bond donors (Lipinski definition) is 1. The topological polar surface area (TPSA) is 29.1 Å². The largest absolute Gasteiger partial charge is 0.358 e. The summed E-state index contributed by atoms with van der Waals surface area (Å²) in [5.41, 5.74) is 2.02. The first kappa shape index (κ1) is 11.4. The fourth-order valence-corrected chi connectivity index (χ4v) is 1.93. The van der Waals surface area contributed by atoms with Crippen LogP contribution in [0.15, 0.2) is 60.7 Å². The van der Waals surface area contributed by atoms with Crippen molar-refractivity contribution in [3.8, 4) is 0 Å². The molecule has 0 bridgehead atoms. The Morgan fingerprint density at radius 3 is 1.65 bits per heavy atom. The van der Waals surface area contributed by atoms with Crippen LogP contribution in [0.25, 0.3) is 0 Å². The Morgan fingerprint density at radius 2 is 1.29 bits per heavy atom. The molecule has 0 saturated heterocycles. The number of likely N-dealkylation sites (N-methyl/N-ethyl adjacent to an activating group) is 1. The second kappa shape index (κ2) is 5.30. The lowest BCUT2D eigenvalue weighted by atomic mass is 9.90. The highest BCUT2D eigenvalue weighted by Crippen LogP contribution is 2.24. The van der Waals surface area contributed by atoms with Crippen LogP contribution in [0.4, 0.5) is 0 Å². The van der Waals surface area contributed by atoms with Crippen molar-refractivity contribution in [3.05, 3.63) is 71.8 Å². The van der Waals surface area contributed by atoms with Gasteiger partial charge in [-0.05, 0) is 11.1 Å². The number of amides is 1. The van der Waals surface area contributed by atoms with Crippen molar-refractivity contribution in [2.75, 3.05) is 7.05 Å². The number of benzene rings is 2. The molecule has 2 aromatic carbocycles. The monoisotopic (exact) mass is 225 g/mol. The van der Waals surface area contributed by atoms with Gasteiger partial charge < -0.3 is 5.32 Å². The molecule has 2 heteroatoms. The van der Waals surface area contributed by atoms with Crippen LogP contribution in [0, 0.1) is 0 Å². The van der Waals surface area contributed by atoms with Gasteiger partial charge in [0.05, 0.1) is 5.92 Å². The molecule has 0 aliphatic carbocycles. The summed E-state index contributed by atoms with van der Waals surface area (Å²) in [4.78, 5) is 12.0. The van der Waals surface area contributed by atoms with Crippen LogP contribution in [0.1, 0.15) is 17.0 Å². The lowest BCUT2D eigenvalue weighted by Gasteiger charge is -2.16. The van der Waals surface area contributed by atoms with Gasteiger partial charge >= 0.3 is 0 Å². The molecule has 0 aliphatic rings. The zero-order valence-electron chi connectivity index (χ0n) is 9.76. The second-order valence-corrected chi connectivity index (χ2v) is 3.87. The number of carbonyl (C=O) groups is 1. The third-order valence-corrected chi connectivity index (χ3v) is 2.77. The van der Waals surface area contributed by atoms with E-state index in [4.69, 9.17) is 0 Å². The van der Waals surface area contributed by atoms with Gasteiger partial charge in [0.15, 0.2) is 0 Å². The average molecular weight is 225 g/mol. The highest BCUT2D eigenvalue weighted by molar-refractivity contribution is 5.86. The van der Waals surface area contributed by atoms with Crippen LogP contribution in [0.2, 0.25) is 0 Å². The van der Waals surface area contributed by atoms with Crippen LogP contribution in [-0.2, 0) is 4.79 Å². The van der Waals surface area contributed by atoms with E-state index < -0.39 is 0 Å². The van der Waals surface area contributed by atoms with E-state index in [9.17, 15) is 4.79 Å². The van der Waals surface area contributed by atoms with E-state index in [2.05, 4.69) is 5.32 Å². The quantitative estimate of drug-likeness (QED) is 0.854. The molecule has 0 unspecified atom stereocenters. The summed E-state index contributed by atoms with van der Waals surface area (Å²) in [5.74, 6) is -0.218.